The van der Waals surface area contributed by atoms with Crippen molar-refractivity contribution in [2.45, 2.75) is 71.3 Å². The van der Waals surface area contributed by atoms with Gasteiger partial charge < -0.3 is 19.1 Å². The molecular formula is C22H31NO6. The third-order valence-corrected chi connectivity index (χ3v) is 4.61. The fourth-order valence-corrected chi connectivity index (χ4v) is 3.14. The standard InChI is InChI=1S/C22H31NO6/c1-21(2,3)29-20(26)23(6)16(13-12-15-10-8-7-9-11-15)14-17-18(24)27-22(4,5)28-19(17)25/h7-11,16-17H,12-14H2,1-6H3/t16-/m0/s1. The quantitative estimate of drug-likeness (QED) is 0.530. The fourth-order valence-electron chi connectivity index (χ4n) is 3.14. The maximum Gasteiger partial charge on any atom is 0.410 e. The minimum Gasteiger partial charge on any atom is -0.444 e. The average molecular weight is 405 g/mol. The van der Waals surface area contributed by atoms with Gasteiger partial charge in [0.25, 0.3) is 5.79 Å². The number of amides is 1. The Hall–Kier alpha value is -2.57. The van der Waals surface area contributed by atoms with Gasteiger partial charge in [0.05, 0.1) is 0 Å². The van der Waals surface area contributed by atoms with Crippen LogP contribution in [0.25, 0.3) is 0 Å². The zero-order valence-corrected chi connectivity index (χ0v) is 18.1. The highest BCUT2D eigenvalue weighted by atomic mass is 16.7. The zero-order valence-electron chi connectivity index (χ0n) is 18.1. The monoisotopic (exact) mass is 405 g/mol. The maximum absolute atomic E-state index is 12.6. The van der Waals surface area contributed by atoms with Crippen LogP contribution in [0.1, 0.15) is 53.0 Å². The highest BCUT2D eigenvalue weighted by Gasteiger charge is 2.44. The molecule has 1 aromatic rings. The van der Waals surface area contributed by atoms with Gasteiger partial charge in [0.2, 0.25) is 0 Å². The average Bonchev–Trinajstić information content (AvgIpc) is 2.58. The van der Waals surface area contributed by atoms with Gasteiger partial charge in [-0.05, 0) is 45.6 Å². The molecule has 29 heavy (non-hydrogen) atoms. The van der Waals surface area contributed by atoms with Gasteiger partial charge in [-0.15, -0.1) is 0 Å². The number of carbonyl (C=O) groups is 3. The largest absolute Gasteiger partial charge is 0.444 e. The van der Waals surface area contributed by atoms with Crippen LogP contribution in [-0.4, -0.2) is 47.4 Å². The van der Waals surface area contributed by atoms with Crippen LogP contribution < -0.4 is 0 Å². The predicted molar refractivity (Wildman–Crippen MR) is 107 cm³/mol. The summed E-state index contributed by atoms with van der Waals surface area (Å²) in [5, 5.41) is 0. The molecule has 7 nitrogen and oxygen atoms in total. The molecule has 2 rings (SSSR count). The van der Waals surface area contributed by atoms with E-state index in [1.165, 1.54) is 18.7 Å². The molecule has 1 aliphatic rings. The van der Waals surface area contributed by atoms with Crippen molar-refractivity contribution in [3.05, 3.63) is 35.9 Å². The molecule has 1 atom stereocenters. The normalized spacial score (nSPS) is 17.9. The van der Waals surface area contributed by atoms with Crippen molar-refractivity contribution >= 4 is 18.0 Å². The lowest BCUT2D eigenvalue weighted by molar-refractivity contribution is -0.240. The highest BCUT2D eigenvalue weighted by molar-refractivity contribution is 5.96. The van der Waals surface area contributed by atoms with E-state index in [1.54, 1.807) is 27.8 Å². The Labute approximate surface area is 172 Å². The van der Waals surface area contributed by atoms with Crippen LogP contribution in [0.3, 0.4) is 0 Å². The number of ether oxygens (including phenoxy) is 3. The fraction of sp³-hybridized carbons (Fsp3) is 0.591. The number of benzene rings is 1. The first-order valence-electron chi connectivity index (χ1n) is 9.83. The van der Waals surface area contributed by atoms with Crippen molar-refractivity contribution in [2.75, 3.05) is 7.05 Å². The van der Waals surface area contributed by atoms with Gasteiger partial charge in [-0.2, -0.15) is 0 Å². The first-order valence-corrected chi connectivity index (χ1v) is 9.83. The lowest BCUT2D eigenvalue weighted by atomic mass is 9.93. The van der Waals surface area contributed by atoms with Crippen molar-refractivity contribution in [3.8, 4) is 0 Å². The summed E-state index contributed by atoms with van der Waals surface area (Å²) in [5.41, 5.74) is 0.451. The SMILES string of the molecule is CN(C(=O)OC(C)(C)C)[C@@H](CCc1ccccc1)CC1C(=O)OC(C)(C)OC1=O. The molecule has 7 heteroatoms. The highest BCUT2D eigenvalue weighted by Crippen LogP contribution is 2.28. The molecule has 1 aromatic carbocycles. The lowest BCUT2D eigenvalue weighted by Gasteiger charge is -2.36. The van der Waals surface area contributed by atoms with Gasteiger partial charge in [0.15, 0.2) is 5.92 Å². The van der Waals surface area contributed by atoms with E-state index in [9.17, 15) is 14.4 Å². The van der Waals surface area contributed by atoms with Crippen LogP contribution >= 0.6 is 0 Å². The third-order valence-electron chi connectivity index (χ3n) is 4.61. The molecule has 0 saturated carbocycles. The van der Waals surface area contributed by atoms with E-state index in [4.69, 9.17) is 14.2 Å². The van der Waals surface area contributed by atoms with E-state index < -0.39 is 41.4 Å². The number of nitrogens with zero attached hydrogens (tertiary/aromatic N) is 1. The number of hydrogen-bond acceptors (Lipinski definition) is 6. The van der Waals surface area contributed by atoms with Crippen LogP contribution in [-0.2, 0) is 30.2 Å². The first-order chi connectivity index (χ1) is 13.4. The van der Waals surface area contributed by atoms with Crippen molar-refractivity contribution in [3.63, 3.8) is 0 Å². The van der Waals surface area contributed by atoms with E-state index in [0.717, 1.165) is 5.56 Å². The second-order valence-corrected chi connectivity index (χ2v) is 8.80. The molecule has 160 valence electrons. The van der Waals surface area contributed by atoms with Crippen molar-refractivity contribution in [1.82, 2.24) is 4.90 Å². The molecule has 0 aliphatic carbocycles. The van der Waals surface area contributed by atoms with E-state index in [1.807, 2.05) is 30.3 Å². The van der Waals surface area contributed by atoms with Gasteiger partial charge in [-0.25, -0.2) is 4.79 Å². The zero-order chi connectivity index (χ0) is 21.8. The molecule has 0 bridgehead atoms. The molecule has 1 heterocycles. The Kier molecular flexibility index (Phi) is 6.93. The Morgan fingerprint density at radius 1 is 1.14 bits per heavy atom. The summed E-state index contributed by atoms with van der Waals surface area (Å²) < 4.78 is 15.9. The topological polar surface area (TPSA) is 82.1 Å². The summed E-state index contributed by atoms with van der Waals surface area (Å²) in [6.45, 7) is 8.39. The van der Waals surface area contributed by atoms with Crippen LogP contribution in [0.4, 0.5) is 4.79 Å². The Bertz CT molecular complexity index is 717. The second-order valence-electron chi connectivity index (χ2n) is 8.80. The van der Waals surface area contributed by atoms with Crippen LogP contribution in [0, 0.1) is 5.92 Å². The Morgan fingerprint density at radius 3 is 2.21 bits per heavy atom. The first kappa shape index (κ1) is 22.7. The molecule has 0 unspecified atom stereocenters. The number of cyclic esters (lactones) is 2. The van der Waals surface area contributed by atoms with Gasteiger partial charge in [0.1, 0.15) is 5.60 Å². The smallest absolute Gasteiger partial charge is 0.410 e. The predicted octanol–water partition coefficient (Wildman–Crippen LogP) is 3.70. The number of rotatable bonds is 6. The van der Waals surface area contributed by atoms with Crippen LogP contribution in [0.15, 0.2) is 30.3 Å². The van der Waals surface area contributed by atoms with Gasteiger partial charge in [-0.1, -0.05) is 30.3 Å². The van der Waals surface area contributed by atoms with Gasteiger partial charge in [-0.3, -0.25) is 9.59 Å². The van der Waals surface area contributed by atoms with Crippen LogP contribution in [0.2, 0.25) is 0 Å². The van der Waals surface area contributed by atoms with Crippen LogP contribution in [0.5, 0.6) is 0 Å². The summed E-state index contributed by atoms with van der Waals surface area (Å²) >= 11 is 0. The Balaban J connectivity index is 2.16. The van der Waals surface area contributed by atoms with E-state index in [-0.39, 0.29) is 6.42 Å². The number of hydrogen-bond donors (Lipinski definition) is 0. The van der Waals surface area contributed by atoms with E-state index >= 15 is 0 Å². The summed E-state index contributed by atoms with van der Waals surface area (Å²) in [6, 6.07) is 9.41. The lowest BCUT2D eigenvalue weighted by Crippen LogP contribution is -2.49. The van der Waals surface area contributed by atoms with Crippen molar-refractivity contribution < 1.29 is 28.6 Å². The minimum atomic E-state index is -1.28. The molecular weight excluding hydrogens is 374 g/mol. The molecule has 0 N–H and O–H groups in total. The molecule has 1 amide bonds. The third kappa shape index (κ3) is 6.76. The second kappa shape index (κ2) is 8.84. The van der Waals surface area contributed by atoms with Crippen molar-refractivity contribution in [1.29, 1.82) is 0 Å². The summed E-state index contributed by atoms with van der Waals surface area (Å²) in [4.78, 5) is 38.8. The summed E-state index contributed by atoms with van der Waals surface area (Å²) in [6.07, 6.45) is 0.839. The van der Waals surface area contributed by atoms with E-state index in [0.29, 0.717) is 12.8 Å². The Morgan fingerprint density at radius 2 is 1.69 bits per heavy atom. The van der Waals surface area contributed by atoms with Crippen molar-refractivity contribution in [2.24, 2.45) is 5.92 Å². The summed E-state index contributed by atoms with van der Waals surface area (Å²) in [5.74, 6) is -3.61. The molecule has 1 saturated heterocycles. The minimum absolute atomic E-state index is 0.107. The number of aryl methyl sites for hydroxylation is 1. The maximum atomic E-state index is 12.6. The number of esters is 2. The number of carbonyl (C=O) groups excluding carboxylic acids is 3. The molecule has 1 fully saturated rings. The van der Waals surface area contributed by atoms with E-state index in [2.05, 4.69) is 0 Å². The molecule has 0 radical (unpaired) electrons. The molecule has 0 spiro atoms. The van der Waals surface area contributed by atoms with Gasteiger partial charge in [0, 0.05) is 26.9 Å². The summed E-state index contributed by atoms with van der Waals surface area (Å²) in [7, 11) is 1.62. The molecule has 1 aliphatic heterocycles. The molecule has 0 aromatic heterocycles. The van der Waals surface area contributed by atoms with Gasteiger partial charge >= 0.3 is 18.0 Å².